The highest BCUT2D eigenvalue weighted by atomic mass is 32.2. The molecule has 19 heteroatoms. The van der Waals surface area contributed by atoms with Gasteiger partial charge in [0, 0.05) is 80.7 Å². The van der Waals surface area contributed by atoms with E-state index in [1.54, 1.807) is 24.8 Å². The molecule has 4 aromatic rings. The number of carbonyl (C=O) groups is 2. The Labute approximate surface area is 344 Å². The number of rotatable bonds is 9. The van der Waals surface area contributed by atoms with Crippen LogP contribution in [0.25, 0.3) is 11.3 Å². The molecule has 8 rings (SSSR count). The van der Waals surface area contributed by atoms with Crippen LogP contribution < -0.4 is 26.0 Å². The number of aromatic nitrogens is 4. The van der Waals surface area contributed by atoms with E-state index in [4.69, 9.17) is 4.74 Å². The zero-order chi connectivity index (χ0) is 43.1. The smallest absolute Gasteiger partial charge is 0.378 e. The molecule has 3 aliphatic heterocycles. The first kappa shape index (κ1) is 41.2. The van der Waals surface area contributed by atoms with Gasteiger partial charge in [-0.3, -0.25) is 24.2 Å². The Morgan fingerprint density at radius 2 is 1.83 bits per heavy atom. The van der Waals surface area contributed by atoms with Gasteiger partial charge in [0.05, 0.1) is 36.3 Å². The van der Waals surface area contributed by atoms with Crippen molar-refractivity contribution in [1.82, 2.24) is 24.0 Å². The summed E-state index contributed by atoms with van der Waals surface area (Å²) in [6.45, 7) is 14.4. The quantitative estimate of drug-likeness (QED) is 0.222. The number of anilines is 5. The number of halogens is 3. The molecular weight excluding hydrogens is 804 g/mol. The SMILES string of the molecule is C=CC(=O)Nc1cc(Nc2nc(-c3ccnc(N4CCn5c(cc6c5CC(C)(C)C6)C4=O)c3C)cn(C)c2=O)cc(S(=O)(=O)C(F)(F)F)c1N1CCN(C2COC2)CC1C. The molecule has 0 bridgehead atoms. The number of sulfone groups is 1. The lowest BCUT2D eigenvalue weighted by molar-refractivity contribution is -0.111. The van der Waals surface area contributed by atoms with E-state index < -0.39 is 37.7 Å². The minimum atomic E-state index is -6.04. The molecule has 0 spiro atoms. The molecule has 4 aliphatic rings. The lowest BCUT2D eigenvalue weighted by atomic mass is 9.90. The second kappa shape index (κ2) is 14.9. The number of amides is 2. The van der Waals surface area contributed by atoms with Crippen molar-refractivity contribution in [3.05, 3.63) is 82.2 Å². The molecule has 1 atom stereocenters. The number of nitrogens with one attached hydrogen (secondary N) is 2. The second-order valence-electron chi connectivity index (χ2n) is 16.7. The Balaban J connectivity index is 1.17. The van der Waals surface area contributed by atoms with E-state index in [1.165, 1.54) is 46.2 Å². The van der Waals surface area contributed by atoms with Crippen LogP contribution in [0.1, 0.15) is 48.1 Å². The van der Waals surface area contributed by atoms with Crippen LogP contribution in [-0.2, 0) is 45.8 Å². The standard InChI is InChI=1S/C41H46F3N9O6S/c1-7-34(54)47-29-15-26(16-33(60(57,58)41(42,43)44)35(29)51-11-10-50(19-23(51)2)27-21-59-22-27)46-36-39(56)49(6)20-30(48-36)28-8-9-45-37(24(28)3)53-13-12-52-31(38(53)55)14-25-17-40(4,5)18-32(25)52/h7-9,14-16,20,23,27H,1,10-13,17-19,21-22H2,2-6H3,(H,46,48)(H,47,54). The molecule has 2 N–H and O–H groups in total. The highest BCUT2D eigenvalue weighted by molar-refractivity contribution is 7.92. The average Bonchev–Trinajstić information content (AvgIpc) is 3.65. The van der Waals surface area contributed by atoms with Gasteiger partial charge in [0.15, 0.2) is 5.82 Å². The van der Waals surface area contributed by atoms with Crippen molar-refractivity contribution in [3.63, 3.8) is 0 Å². The summed E-state index contributed by atoms with van der Waals surface area (Å²) in [4.78, 5) is 53.7. The van der Waals surface area contributed by atoms with Crippen molar-refractivity contribution in [3.8, 4) is 11.3 Å². The summed E-state index contributed by atoms with van der Waals surface area (Å²) in [6, 6.07) is 5.39. The van der Waals surface area contributed by atoms with Crippen molar-refractivity contribution in [2.24, 2.45) is 12.5 Å². The van der Waals surface area contributed by atoms with Gasteiger partial charge in [0.1, 0.15) is 16.4 Å². The molecule has 0 saturated carbocycles. The fourth-order valence-electron chi connectivity index (χ4n) is 8.81. The molecule has 2 fully saturated rings. The Morgan fingerprint density at radius 3 is 2.50 bits per heavy atom. The first-order valence-electron chi connectivity index (χ1n) is 19.6. The molecule has 2 saturated heterocycles. The summed E-state index contributed by atoms with van der Waals surface area (Å²) in [5, 5.41) is 5.27. The molecule has 1 aliphatic carbocycles. The number of hydrogen-bond donors (Lipinski definition) is 2. The van der Waals surface area contributed by atoms with E-state index >= 15 is 0 Å². The van der Waals surface area contributed by atoms with Gasteiger partial charge >= 0.3 is 5.51 Å². The fourth-order valence-corrected chi connectivity index (χ4v) is 9.82. The normalized spacial score (nSPS) is 19.5. The summed E-state index contributed by atoms with van der Waals surface area (Å²) in [5.41, 5.74) is -2.76. The van der Waals surface area contributed by atoms with E-state index in [0.717, 1.165) is 25.0 Å². The van der Waals surface area contributed by atoms with Gasteiger partial charge in [-0.2, -0.15) is 13.2 Å². The molecule has 318 valence electrons. The summed E-state index contributed by atoms with van der Waals surface area (Å²) >= 11 is 0. The van der Waals surface area contributed by atoms with E-state index in [1.807, 2.05) is 6.07 Å². The minimum Gasteiger partial charge on any atom is -0.378 e. The van der Waals surface area contributed by atoms with Gasteiger partial charge in [0.2, 0.25) is 5.91 Å². The van der Waals surface area contributed by atoms with E-state index in [-0.39, 0.29) is 52.5 Å². The molecule has 6 heterocycles. The predicted octanol–water partition coefficient (Wildman–Crippen LogP) is 4.81. The average molecular weight is 850 g/mol. The Kier molecular flexibility index (Phi) is 10.2. The third-order valence-electron chi connectivity index (χ3n) is 11.9. The molecule has 15 nitrogen and oxygen atoms in total. The third-order valence-corrected chi connectivity index (χ3v) is 13.4. The topological polar surface area (TPSA) is 164 Å². The van der Waals surface area contributed by atoms with Crippen molar-refractivity contribution in [1.29, 1.82) is 0 Å². The zero-order valence-corrected chi connectivity index (χ0v) is 34.7. The van der Waals surface area contributed by atoms with Crippen molar-refractivity contribution < 1.29 is 35.9 Å². The maximum absolute atomic E-state index is 14.5. The summed E-state index contributed by atoms with van der Waals surface area (Å²) in [7, 11) is -4.57. The molecule has 1 unspecified atom stereocenters. The number of hydrogen-bond acceptors (Lipinski definition) is 11. The van der Waals surface area contributed by atoms with Crippen LogP contribution in [0.15, 0.2) is 59.0 Å². The largest absolute Gasteiger partial charge is 0.501 e. The predicted molar refractivity (Wildman–Crippen MR) is 220 cm³/mol. The monoisotopic (exact) mass is 849 g/mol. The molecule has 1 aromatic carbocycles. The number of piperazine rings is 1. The number of ether oxygens (including phenoxy) is 1. The molecule has 0 radical (unpaired) electrons. The highest BCUT2D eigenvalue weighted by Gasteiger charge is 2.50. The van der Waals surface area contributed by atoms with Gasteiger partial charge in [-0.1, -0.05) is 20.4 Å². The first-order valence-corrected chi connectivity index (χ1v) is 21.1. The molecule has 2 amide bonds. The van der Waals surface area contributed by atoms with Crippen LogP contribution in [0, 0.1) is 12.3 Å². The van der Waals surface area contributed by atoms with Crippen molar-refractivity contribution >= 4 is 50.3 Å². The van der Waals surface area contributed by atoms with Gasteiger partial charge in [-0.25, -0.2) is 18.4 Å². The van der Waals surface area contributed by atoms with Crippen molar-refractivity contribution in [2.75, 3.05) is 59.8 Å². The zero-order valence-electron chi connectivity index (χ0n) is 33.9. The number of aryl methyl sites for hydroxylation is 1. The Bertz CT molecular complexity index is 2620. The first-order chi connectivity index (χ1) is 28.3. The Morgan fingerprint density at radius 1 is 1.08 bits per heavy atom. The van der Waals surface area contributed by atoms with Crippen LogP contribution in [0.5, 0.6) is 0 Å². The fraction of sp³-hybridized carbons (Fsp3) is 0.439. The lowest BCUT2D eigenvalue weighted by Crippen LogP contribution is -2.60. The van der Waals surface area contributed by atoms with Gasteiger partial charge < -0.3 is 29.4 Å². The number of fused-ring (bicyclic) bond motifs is 3. The summed E-state index contributed by atoms with van der Waals surface area (Å²) in [5.74, 6) is -0.915. The van der Waals surface area contributed by atoms with Crippen molar-refractivity contribution in [2.45, 2.75) is 69.6 Å². The minimum absolute atomic E-state index is 0.131. The summed E-state index contributed by atoms with van der Waals surface area (Å²) < 4.78 is 78.9. The number of benzene rings is 1. The van der Waals surface area contributed by atoms with Gasteiger partial charge in [-0.15, -0.1) is 0 Å². The lowest BCUT2D eigenvalue weighted by Gasteiger charge is -2.47. The number of alkyl halides is 3. The number of carbonyl (C=O) groups excluding carboxylic acids is 2. The van der Waals surface area contributed by atoms with Crippen LogP contribution in [0.3, 0.4) is 0 Å². The van der Waals surface area contributed by atoms with Crippen LogP contribution >= 0.6 is 0 Å². The molecule has 3 aromatic heterocycles. The molecule has 60 heavy (non-hydrogen) atoms. The van der Waals surface area contributed by atoms with E-state index in [9.17, 15) is 36.0 Å². The van der Waals surface area contributed by atoms with Crippen LogP contribution in [-0.4, -0.2) is 101 Å². The number of pyridine rings is 1. The maximum Gasteiger partial charge on any atom is 0.501 e. The van der Waals surface area contributed by atoms with E-state index in [0.29, 0.717) is 62.0 Å². The van der Waals surface area contributed by atoms with Crippen LogP contribution in [0.2, 0.25) is 0 Å². The van der Waals surface area contributed by atoms with Gasteiger partial charge in [0.25, 0.3) is 21.3 Å². The molecular formula is C41H46F3N9O6S. The summed E-state index contributed by atoms with van der Waals surface area (Å²) in [6.07, 6.45) is 5.69. The maximum atomic E-state index is 14.5. The Hall–Kier alpha value is -5.53. The highest BCUT2D eigenvalue weighted by Crippen LogP contribution is 2.44. The van der Waals surface area contributed by atoms with Gasteiger partial charge in [-0.05, 0) is 68.0 Å². The van der Waals surface area contributed by atoms with E-state index in [2.05, 4.69) is 50.5 Å². The second-order valence-corrected chi connectivity index (χ2v) is 18.6. The number of nitrogens with zero attached hydrogens (tertiary/aromatic N) is 7. The van der Waals surface area contributed by atoms with Crippen LogP contribution in [0.4, 0.5) is 41.9 Å². The third kappa shape index (κ3) is 7.15.